The zero-order valence-electron chi connectivity index (χ0n) is 18.6. The van der Waals surface area contributed by atoms with Crippen molar-refractivity contribution in [1.29, 1.82) is 0 Å². The highest BCUT2D eigenvalue weighted by atomic mass is 32.2. The van der Waals surface area contributed by atoms with Crippen LogP contribution in [0.2, 0.25) is 0 Å². The van der Waals surface area contributed by atoms with Gasteiger partial charge in [0.2, 0.25) is 0 Å². The number of hydrogen-bond acceptors (Lipinski definition) is 6. The molecule has 0 saturated carbocycles. The number of nitrogens with zero attached hydrogens (tertiary/aromatic N) is 2. The Labute approximate surface area is 193 Å². The van der Waals surface area contributed by atoms with Crippen LogP contribution < -0.4 is 0 Å². The number of hydrogen-bond donors (Lipinski definition) is 1. The highest BCUT2D eigenvalue weighted by Crippen LogP contribution is 2.26. The minimum absolute atomic E-state index is 0.124. The summed E-state index contributed by atoms with van der Waals surface area (Å²) in [5, 5.41) is 11.3. The van der Waals surface area contributed by atoms with Gasteiger partial charge in [0.25, 0.3) is 5.91 Å². The van der Waals surface area contributed by atoms with E-state index in [0.717, 1.165) is 5.39 Å². The van der Waals surface area contributed by atoms with Gasteiger partial charge in [-0.05, 0) is 49.6 Å². The lowest BCUT2D eigenvalue weighted by Crippen LogP contribution is -2.49. The Morgan fingerprint density at radius 1 is 1.09 bits per heavy atom. The number of rotatable bonds is 7. The van der Waals surface area contributed by atoms with Crippen LogP contribution in [0.25, 0.3) is 10.9 Å². The van der Waals surface area contributed by atoms with Crippen LogP contribution in [0.15, 0.2) is 65.7 Å². The third-order valence-corrected chi connectivity index (χ3v) is 7.76. The summed E-state index contributed by atoms with van der Waals surface area (Å²) in [5.74, 6) is -0.299. The van der Waals surface area contributed by atoms with E-state index < -0.39 is 15.4 Å². The second-order valence-corrected chi connectivity index (χ2v) is 10.4. The van der Waals surface area contributed by atoms with Crippen LogP contribution in [0.1, 0.15) is 35.7 Å². The predicted molar refractivity (Wildman–Crippen MR) is 126 cm³/mol. The number of carbonyl (C=O) groups excluding carboxylic acids is 1. The van der Waals surface area contributed by atoms with E-state index in [4.69, 9.17) is 4.74 Å². The molecule has 0 bridgehead atoms. The summed E-state index contributed by atoms with van der Waals surface area (Å²) >= 11 is 0. The van der Waals surface area contributed by atoms with Gasteiger partial charge in [0.1, 0.15) is 0 Å². The van der Waals surface area contributed by atoms with E-state index in [2.05, 4.69) is 4.98 Å². The highest BCUT2D eigenvalue weighted by Gasteiger charge is 2.34. The molecule has 0 aliphatic carbocycles. The highest BCUT2D eigenvalue weighted by molar-refractivity contribution is 7.90. The average molecular weight is 469 g/mol. The molecular weight excluding hydrogens is 440 g/mol. The number of pyridine rings is 1. The van der Waals surface area contributed by atoms with Crippen molar-refractivity contribution in [2.45, 2.75) is 36.0 Å². The molecule has 4 rings (SSSR count). The van der Waals surface area contributed by atoms with Crippen molar-refractivity contribution in [1.82, 2.24) is 9.88 Å². The van der Waals surface area contributed by atoms with E-state index >= 15 is 0 Å². The number of aromatic nitrogens is 1. The van der Waals surface area contributed by atoms with E-state index in [1.165, 1.54) is 0 Å². The molecule has 0 unspecified atom stereocenters. The summed E-state index contributed by atoms with van der Waals surface area (Å²) in [7, 11) is -3.61. The second kappa shape index (κ2) is 9.59. The van der Waals surface area contributed by atoms with Crippen LogP contribution in [-0.2, 0) is 20.3 Å². The predicted octanol–water partition coefficient (Wildman–Crippen LogP) is 3.21. The number of sulfone groups is 1. The molecule has 0 atom stereocenters. The maximum absolute atomic E-state index is 13.1. The quantitative estimate of drug-likeness (QED) is 0.572. The van der Waals surface area contributed by atoms with Gasteiger partial charge in [-0.25, -0.2) is 8.42 Å². The molecule has 1 aliphatic rings. The molecule has 1 saturated heterocycles. The number of fused-ring (bicyclic) bond motifs is 1. The lowest BCUT2D eigenvalue weighted by atomic mass is 9.92. The second-order valence-electron chi connectivity index (χ2n) is 8.44. The SMILES string of the molecule is CCOCC1(O)CCN(C(=O)c2ccc(CS(=O)(=O)c3cccc4cccnc34)cc2)CC1. The molecule has 3 aromatic rings. The van der Waals surface area contributed by atoms with Crippen molar-refractivity contribution in [3.63, 3.8) is 0 Å². The van der Waals surface area contributed by atoms with Gasteiger partial charge in [0, 0.05) is 36.8 Å². The van der Waals surface area contributed by atoms with Crippen LogP contribution in [0.3, 0.4) is 0 Å². The number of aliphatic hydroxyl groups is 1. The largest absolute Gasteiger partial charge is 0.387 e. The number of para-hydroxylation sites is 1. The summed E-state index contributed by atoms with van der Waals surface area (Å²) in [6.07, 6.45) is 2.52. The van der Waals surface area contributed by atoms with Crippen molar-refractivity contribution in [3.05, 3.63) is 71.9 Å². The lowest BCUT2D eigenvalue weighted by molar-refractivity contribution is -0.0751. The number of piperidine rings is 1. The van der Waals surface area contributed by atoms with E-state index in [-0.39, 0.29) is 23.2 Å². The van der Waals surface area contributed by atoms with Crippen LogP contribution in [-0.4, -0.2) is 61.2 Å². The molecule has 2 aromatic carbocycles. The summed E-state index contributed by atoms with van der Waals surface area (Å²) < 4.78 is 31.5. The molecule has 33 heavy (non-hydrogen) atoms. The van der Waals surface area contributed by atoms with Gasteiger partial charge in [0.05, 0.1) is 28.4 Å². The van der Waals surface area contributed by atoms with Crippen LogP contribution in [0.4, 0.5) is 0 Å². The first-order valence-electron chi connectivity index (χ1n) is 11.1. The Morgan fingerprint density at radius 2 is 1.79 bits per heavy atom. The van der Waals surface area contributed by atoms with Crippen molar-refractivity contribution in [3.8, 4) is 0 Å². The monoisotopic (exact) mass is 468 g/mol. The Hall–Kier alpha value is -2.81. The van der Waals surface area contributed by atoms with E-state index in [1.54, 1.807) is 53.6 Å². The fraction of sp³-hybridized carbons (Fsp3) is 0.360. The summed E-state index contributed by atoms with van der Waals surface area (Å²) in [5.41, 5.74) is 0.671. The normalized spacial score (nSPS) is 16.1. The number of amides is 1. The molecule has 1 N–H and O–H groups in total. The van der Waals surface area contributed by atoms with Crippen LogP contribution in [0.5, 0.6) is 0 Å². The molecule has 8 heteroatoms. The van der Waals surface area contributed by atoms with E-state index in [0.29, 0.717) is 49.2 Å². The molecule has 1 fully saturated rings. The molecule has 0 spiro atoms. The molecule has 174 valence electrons. The van der Waals surface area contributed by atoms with Gasteiger partial charge in [-0.3, -0.25) is 9.78 Å². The fourth-order valence-electron chi connectivity index (χ4n) is 4.11. The van der Waals surface area contributed by atoms with Crippen molar-refractivity contribution >= 4 is 26.6 Å². The summed E-state index contributed by atoms with van der Waals surface area (Å²) in [4.78, 5) is 19.0. The molecular formula is C25H28N2O5S. The zero-order valence-corrected chi connectivity index (χ0v) is 19.4. The number of ether oxygens (including phenoxy) is 1. The molecule has 1 aliphatic heterocycles. The zero-order chi connectivity index (χ0) is 23.5. The Morgan fingerprint density at radius 3 is 2.48 bits per heavy atom. The third-order valence-electron chi connectivity index (χ3n) is 6.04. The van der Waals surface area contributed by atoms with Crippen molar-refractivity contribution < 1.29 is 23.1 Å². The molecule has 1 amide bonds. The maximum Gasteiger partial charge on any atom is 0.253 e. The maximum atomic E-state index is 13.1. The number of likely N-dealkylation sites (tertiary alicyclic amines) is 1. The van der Waals surface area contributed by atoms with Gasteiger partial charge in [0.15, 0.2) is 9.84 Å². The van der Waals surface area contributed by atoms with Gasteiger partial charge in [-0.2, -0.15) is 0 Å². The first kappa shape index (κ1) is 23.4. The number of carbonyl (C=O) groups is 1. The van der Waals surface area contributed by atoms with E-state index in [9.17, 15) is 18.3 Å². The fourth-order valence-corrected chi connectivity index (χ4v) is 5.65. The molecule has 2 heterocycles. The van der Waals surface area contributed by atoms with Gasteiger partial charge < -0.3 is 14.7 Å². The first-order valence-corrected chi connectivity index (χ1v) is 12.7. The minimum atomic E-state index is -3.61. The smallest absolute Gasteiger partial charge is 0.253 e. The summed E-state index contributed by atoms with van der Waals surface area (Å²) in [6, 6.07) is 15.4. The van der Waals surface area contributed by atoms with Crippen LogP contribution >= 0.6 is 0 Å². The Balaban J connectivity index is 1.44. The Bertz CT molecular complexity index is 1230. The first-order chi connectivity index (χ1) is 15.8. The third kappa shape index (κ3) is 5.24. The lowest BCUT2D eigenvalue weighted by Gasteiger charge is -2.38. The van der Waals surface area contributed by atoms with Crippen LogP contribution in [0, 0.1) is 0 Å². The van der Waals surface area contributed by atoms with E-state index in [1.807, 2.05) is 19.1 Å². The molecule has 0 radical (unpaired) electrons. The minimum Gasteiger partial charge on any atom is -0.387 e. The molecule has 7 nitrogen and oxygen atoms in total. The van der Waals surface area contributed by atoms with Gasteiger partial charge in [-0.15, -0.1) is 0 Å². The molecule has 1 aromatic heterocycles. The van der Waals surface area contributed by atoms with Crippen molar-refractivity contribution in [2.24, 2.45) is 0 Å². The number of benzene rings is 2. The van der Waals surface area contributed by atoms with Gasteiger partial charge >= 0.3 is 0 Å². The standard InChI is InChI=1S/C25H28N2O5S/c1-2-32-18-25(29)12-15-27(16-13-25)24(28)21-10-8-19(9-11-21)17-33(30,31)22-7-3-5-20-6-4-14-26-23(20)22/h3-11,14,29H,2,12-13,15-18H2,1H3. The van der Waals surface area contributed by atoms with Gasteiger partial charge in [-0.1, -0.05) is 30.3 Å². The summed E-state index contributed by atoms with van der Waals surface area (Å²) in [6.45, 7) is 3.61. The Kier molecular flexibility index (Phi) is 6.78. The topological polar surface area (TPSA) is 96.8 Å². The van der Waals surface area contributed by atoms with Crippen molar-refractivity contribution in [2.75, 3.05) is 26.3 Å². The average Bonchev–Trinajstić information content (AvgIpc) is 2.83.